The highest BCUT2D eigenvalue weighted by molar-refractivity contribution is 6.34. The van der Waals surface area contributed by atoms with Gasteiger partial charge in [-0.1, -0.05) is 23.2 Å². The van der Waals surface area contributed by atoms with Gasteiger partial charge < -0.3 is 16.2 Å². The zero-order valence-electron chi connectivity index (χ0n) is 11.6. The normalized spacial score (nSPS) is 10.7. The van der Waals surface area contributed by atoms with E-state index >= 15 is 0 Å². The highest BCUT2D eigenvalue weighted by Gasteiger charge is 2.12. The second kappa shape index (κ2) is 5.91. The number of hydrogen-bond acceptors (Lipinski definition) is 6. The summed E-state index contributed by atoms with van der Waals surface area (Å²) in [4.78, 5) is 20.2. The van der Waals surface area contributed by atoms with Gasteiger partial charge in [-0.05, 0) is 36.4 Å². The van der Waals surface area contributed by atoms with Crippen molar-refractivity contribution >= 4 is 51.8 Å². The first-order chi connectivity index (χ1) is 10.9. The third-order valence-electron chi connectivity index (χ3n) is 3.02. The molecule has 0 spiro atoms. The van der Waals surface area contributed by atoms with Crippen LogP contribution in [-0.4, -0.2) is 15.9 Å². The Labute approximate surface area is 141 Å². The number of nitrogens with two attached hydrogens (primary N) is 2. The highest BCUT2D eigenvalue weighted by Crippen LogP contribution is 2.26. The predicted molar refractivity (Wildman–Crippen MR) is 89.8 cm³/mol. The number of fused-ring (bicyclic) bond motifs is 1. The number of halogens is 2. The molecule has 4 N–H and O–H groups in total. The van der Waals surface area contributed by atoms with Crippen LogP contribution >= 0.6 is 23.2 Å². The van der Waals surface area contributed by atoms with Crippen molar-refractivity contribution in [2.75, 3.05) is 11.5 Å². The molecular weight excluding hydrogens is 339 g/mol. The Bertz CT molecular complexity index is 910. The van der Waals surface area contributed by atoms with E-state index < -0.39 is 5.97 Å². The zero-order valence-corrected chi connectivity index (χ0v) is 13.1. The van der Waals surface area contributed by atoms with Gasteiger partial charge in [-0.25, -0.2) is 9.78 Å². The lowest BCUT2D eigenvalue weighted by atomic mass is 10.1. The molecule has 0 unspecified atom stereocenters. The molecule has 0 aliphatic carbocycles. The van der Waals surface area contributed by atoms with Gasteiger partial charge in [-0.2, -0.15) is 4.98 Å². The fourth-order valence-electron chi connectivity index (χ4n) is 2.05. The molecule has 3 rings (SSSR count). The lowest BCUT2D eigenvalue weighted by Gasteiger charge is -2.07. The maximum absolute atomic E-state index is 12.2. The minimum Gasteiger partial charge on any atom is -0.423 e. The van der Waals surface area contributed by atoms with E-state index in [-0.39, 0.29) is 23.1 Å². The summed E-state index contributed by atoms with van der Waals surface area (Å²) < 4.78 is 5.26. The van der Waals surface area contributed by atoms with Crippen LogP contribution in [0.15, 0.2) is 36.4 Å². The number of anilines is 2. The summed E-state index contributed by atoms with van der Waals surface area (Å²) in [5.41, 5.74) is 12.2. The quantitative estimate of drug-likeness (QED) is 0.543. The van der Waals surface area contributed by atoms with E-state index in [1.165, 1.54) is 12.1 Å². The van der Waals surface area contributed by atoms with Gasteiger partial charge in [0.1, 0.15) is 11.6 Å². The van der Waals surface area contributed by atoms with Crippen LogP contribution in [0.1, 0.15) is 10.4 Å². The minimum atomic E-state index is -0.582. The Hall–Kier alpha value is -2.57. The van der Waals surface area contributed by atoms with Crippen molar-refractivity contribution < 1.29 is 9.53 Å². The molecule has 0 atom stereocenters. The van der Waals surface area contributed by atoms with Gasteiger partial charge in [0.15, 0.2) is 0 Å². The third-order valence-corrected chi connectivity index (χ3v) is 3.46. The van der Waals surface area contributed by atoms with Gasteiger partial charge in [-0.15, -0.1) is 0 Å². The second-order valence-electron chi connectivity index (χ2n) is 4.69. The van der Waals surface area contributed by atoms with Crippen molar-refractivity contribution in [1.29, 1.82) is 0 Å². The number of aromatic nitrogens is 2. The van der Waals surface area contributed by atoms with Crippen LogP contribution in [0.5, 0.6) is 5.75 Å². The predicted octanol–water partition coefficient (Wildman–Crippen LogP) is 3.32. The number of carbonyl (C=O) groups is 1. The van der Waals surface area contributed by atoms with E-state index in [1.807, 2.05) is 0 Å². The molecule has 3 aromatic rings. The first-order valence-corrected chi connectivity index (χ1v) is 7.19. The molecule has 0 radical (unpaired) electrons. The minimum absolute atomic E-state index is 0.0684. The number of nitrogens with zero attached hydrogens (tertiary/aromatic N) is 2. The number of nitrogen functional groups attached to an aromatic ring is 2. The van der Waals surface area contributed by atoms with E-state index in [2.05, 4.69) is 9.97 Å². The molecule has 8 heteroatoms. The summed E-state index contributed by atoms with van der Waals surface area (Å²) >= 11 is 11.7. The van der Waals surface area contributed by atoms with Crippen molar-refractivity contribution in [2.45, 2.75) is 0 Å². The van der Waals surface area contributed by atoms with E-state index in [0.717, 1.165) is 0 Å². The van der Waals surface area contributed by atoms with Gasteiger partial charge in [0, 0.05) is 15.4 Å². The first kappa shape index (κ1) is 15.3. The Balaban J connectivity index is 1.94. The fraction of sp³-hybridized carbons (Fsp3) is 0. The molecule has 0 fully saturated rings. The van der Waals surface area contributed by atoms with Gasteiger partial charge >= 0.3 is 5.97 Å². The molecule has 0 saturated carbocycles. The topological polar surface area (TPSA) is 104 Å². The van der Waals surface area contributed by atoms with Gasteiger partial charge in [0.25, 0.3) is 0 Å². The first-order valence-electron chi connectivity index (χ1n) is 6.43. The molecule has 0 bridgehead atoms. The molecule has 0 aliphatic rings. The number of esters is 1. The molecule has 116 valence electrons. The summed E-state index contributed by atoms with van der Waals surface area (Å²) in [6.07, 6.45) is 0. The van der Waals surface area contributed by atoms with Gasteiger partial charge in [-0.3, -0.25) is 0 Å². The van der Waals surface area contributed by atoms with Gasteiger partial charge in [0.2, 0.25) is 5.95 Å². The van der Waals surface area contributed by atoms with Gasteiger partial charge in [0.05, 0.1) is 11.1 Å². The summed E-state index contributed by atoms with van der Waals surface area (Å²) in [6, 6.07) is 9.24. The fourth-order valence-corrected chi connectivity index (χ4v) is 2.56. The summed E-state index contributed by atoms with van der Waals surface area (Å²) in [5, 5.41) is 1.25. The molecule has 1 heterocycles. The van der Waals surface area contributed by atoms with Crippen LogP contribution in [0.4, 0.5) is 11.8 Å². The average Bonchev–Trinajstić information content (AvgIpc) is 2.45. The standard InChI is InChI=1S/C15H10Cl2N4O2/c16-8-4-9(17)6-10(5-8)23-14(22)7-1-2-12-11(3-7)13(18)21-15(19)20-12/h1-6H,(H4,18,19,20,21). The molecule has 1 aromatic heterocycles. The Morgan fingerprint density at radius 1 is 1.00 bits per heavy atom. The van der Waals surface area contributed by atoms with Crippen molar-refractivity contribution in [2.24, 2.45) is 0 Å². The second-order valence-corrected chi connectivity index (χ2v) is 5.57. The average molecular weight is 349 g/mol. The summed E-state index contributed by atoms with van der Waals surface area (Å²) in [6.45, 7) is 0. The molecule has 2 aromatic carbocycles. The van der Waals surface area contributed by atoms with Crippen LogP contribution < -0.4 is 16.2 Å². The molecule has 0 aliphatic heterocycles. The van der Waals surface area contributed by atoms with Crippen molar-refractivity contribution in [3.05, 3.63) is 52.0 Å². The maximum atomic E-state index is 12.2. The molecular formula is C15H10Cl2N4O2. The van der Waals surface area contributed by atoms with Crippen LogP contribution in [0.25, 0.3) is 10.9 Å². The third kappa shape index (κ3) is 3.28. The molecule has 0 amide bonds. The lowest BCUT2D eigenvalue weighted by Crippen LogP contribution is -2.09. The van der Waals surface area contributed by atoms with Crippen LogP contribution in [-0.2, 0) is 0 Å². The lowest BCUT2D eigenvalue weighted by molar-refractivity contribution is 0.0735. The van der Waals surface area contributed by atoms with Crippen LogP contribution in [0.3, 0.4) is 0 Å². The number of rotatable bonds is 2. The number of hydrogen-bond donors (Lipinski definition) is 2. The SMILES string of the molecule is Nc1nc(N)c2cc(C(=O)Oc3cc(Cl)cc(Cl)c3)ccc2n1. The summed E-state index contributed by atoms with van der Waals surface area (Å²) in [7, 11) is 0. The smallest absolute Gasteiger partial charge is 0.343 e. The summed E-state index contributed by atoms with van der Waals surface area (Å²) in [5.74, 6) is -0.0811. The molecule has 0 saturated heterocycles. The highest BCUT2D eigenvalue weighted by atomic mass is 35.5. The van der Waals surface area contributed by atoms with Crippen molar-refractivity contribution in [3.63, 3.8) is 0 Å². The number of benzene rings is 2. The van der Waals surface area contributed by atoms with E-state index in [9.17, 15) is 4.79 Å². The Morgan fingerprint density at radius 2 is 1.70 bits per heavy atom. The van der Waals surface area contributed by atoms with E-state index in [0.29, 0.717) is 20.9 Å². The Kier molecular flexibility index (Phi) is 3.94. The molecule has 6 nitrogen and oxygen atoms in total. The van der Waals surface area contributed by atoms with E-state index in [1.54, 1.807) is 24.3 Å². The Morgan fingerprint density at radius 3 is 2.39 bits per heavy atom. The van der Waals surface area contributed by atoms with Crippen LogP contribution in [0, 0.1) is 0 Å². The molecule has 23 heavy (non-hydrogen) atoms. The number of ether oxygens (including phenoxy) is 1. The number of carbonyl (C=O) groups excluding carboxylic acids is 1. The maximum Gasteiger partial charge on any atom is 0.343 e. The zero-order chi connectivity index (χ0) is 16.6. The monoisotopic (exact) mass is 348 g/mol. The van der Waals surface area contributed by atoms with E-state index in [4.69, 9.17) is 39.4 Å². The van der Waals surface area contributed by atoms with Crippen molar-refractivity contribution in [1.82, 2.24) is 9.97 Å². The van der Waals surface area contributed by atoms with Crippen LogP contribution in [0.2, 0.25) is 10.0 Å². The largest absolute Gasteiger partial charge is 0.423 e. The van der Waals surface area contributed by atoms with Crippen molar-refractivity contribution in [3.8, 4) is 5.75 Å².